The summed E-state index contributed by atoms with van der Waals surface area (Å²) in [5.41, 5.74) is 7.87. The van der Waals surface area contributed by atoms with E-state index >= 15 is 0 Å². The molecule has 0 saturated carbocycles. The summed E-state index contributed by atoms with van der Waals surface area (Å²) in [6.45, 7) is 0. The molecular formula is C25H26N4O5. The zero-order valence-corrected chi connectivity index (χ0v) is 19.4. The molecule has 0 spiro atoms. The molecular weight excluding hydrogens is 436 g/mol. The average molecular weight is 463 g/mol. The smallest absolute Gasteiger partial charge is 0.271 e. The molecule has 3 aromatic rings. The number of anilines is 1. The van der Waals surface area contributed by atoms with E-state index in [4.69, 9.17) is 18.9 Å². The van der Waals surface area contributed by atoms with Crippen LogP contribution in [-0.2, 0) is 0 Å². The first kappa shape index (κ1) is 24.1. The van der Waals surface area contributed by atoms with E-state index in [1.807, 2.05) is 12.1 Å². The Bertz CT molecular complexity index is 1190. The van der Waals surface area contributed by atoms with E-state index < -0.39 is 0 Å². The first-order valence-corrected chi connectivity index (χ1v) is 10.3. The van der Waals surface area contributed by atoms with Gasteiger partial charge >= 0.3 is 0 Å². The lowest BCUT2D eigenvalue weighted by Crippen LogP contribution is -2.17. The molecule has 0 aliphatic heterocycles. The highest BCUT2D eigenvalue weighted by Crippen LogP contribution is 2.30. The number of hydrogen-bond donors (Lipinski definition) is 2. The molecule has 0 bridgehead atoms. The zero-order valence-electron chi connectivity index (χ0n) is 19.4. The van der Waals surface area contributed by atoms with Gasteiger partial charge in [-0.05, 0) is 42.5 Å². The summed E-state index contributed by atoms with van der Waals surface area (Å²) in [6.07, 6.45) is 3.10. The van der Waals surface area contributed by atoms with Gasteiger partial charge < -0.3 is 18.9 Å². The van der Waals surface area contributed by atoms with E-state index in [1.165, 1.54) is 6.21 Å². The molecule has 176 valence electrons. The van der Waals surface area contributed by atoms with Crippen LogP contribution < -0.4 is 29.8 Å². The Morgan fingerprint density at radius 3 is 1.85 bits per heavy atom. The topological polar surface area (TPSA) is 103 Å². The Balaban J connectivity index is 1.66. The monoisotopic (exact) mass is 462 g/mol. The van der Waals surface area contributed by atoms with E-state index in [1.54, 1.807) is 83.2 Å². The maximum absolute atomic E-state index is 12.5. The van der Waals surface area contributed by atoms with Crippen molar-refractivity contribution in [3.63, 3.8) is 0 Å². The lowest BCUT2D eigenvalue weighted by atomic mass is 10.2. The van der Waals surface area contributed by atoms with Crippen molar-refractivity contribution in [3.8, 4) is 23.0 Å². The molecule has 0 radical (unpaired) electrons. The van der Waals surface area contributed by atoms with Crippen LogP contribution in [0.3, 0.4) is 0 Å². The standard InChI is InChI=1S/C25H26N4O5/c1-31-21-12-6-9-18(23(21)33-3)15-26-28-20-11-5-8-17(14-20)25(30)29-27-16-19-10-7-13-22(32-2)24(19)34-4/h5-16,28H,1-4H3,(H,29,30). The molecule has 9 heteroatoms. The van der Waals surface area contributed by atoms with Crippen molar-refractivity contribution >= 4 is 24.0 Å². The van der Waals surface area contributed by atoms with Crippen molar-refractivity contribution in [3.05, 3.63) is 77.4 Å². The number of methoxy groups -OCH3 is 4. The third-order valence-corrected chi connectivity index (χ3v) is 4.76. The van der Waals surface area contributed by atoms with Gasteiger partial charge in [0.05, 0.1) is 46.6 Å². The number of carbonyl (C=O) groups is 1. The Morgan fingerprint density at radius 2 is 1.29 bits per heavy atom. The van der Waals surface area contributed by atoms with Gasteiger partial charge in [-0.2, -0.15) is 10.2 Å². The van der Waals surface area contributed by atoms with Crippen molar-refractivity contribution < 1.29 is 23.7 Å². The first-order chi connectivity index (χ1) is 16.6. The van der Waals surface area contributed by atoms with Crippen LogP contribution in [0.15, 0.2) is 70.9 Å². The maximum Gasteiger partial charge on any atom is 0.271 e. The van der Waals surface area contributed by atoms with Gasteiger partial charge in [-0.3, -0.25) is 10.2 Å². The van der Waals surface area contributed by atoms with Crippen LogP contribution in [0.5, 0.6) is 23.0 Å². The van der Waals surface area contributed by atoms with Crippen LogP contribution >= 0.6 is 0 Å². The fourth-order valence-corrected chi connectivity index (χ4v) is 3.16. The quantitative estimate of drug-likeness (QED) is 0.350. The van der Waals surface area contributed by atoms with Crippen LogP contribution in [0.25, 0.3) is 0 Å². The lowest BCUT2D eigenvalue weighted by molar-refractivity contribution is 0.0955. The third-order valence-electron chi connectivity index (χ3n) is 4.76. The highest BCUT2D eigenvalue weighted by Gasteiger charge is 2.09. The fourth-order valence-electron chi connectivity index (χ4n) is 3.16. The molecule has 0 fully saturated rings. The second-order valence-electron chi connectivity index (χ2n) is 6.82. The second-order valence-corrected chi connectivity index (χ2v) is 6.82. The predicted molar refractivity (Wildman–Crippen MR) is 132 cm³/mol. The van der Waals surface area contributed by atoms with Gasteiger partial charge in [0.1, 0.15) is 0 Å². The Morgan fingerprint density at radius 1 is 0.735 bits per heavy atom. The van der Waals surface area contributed by atoms with Gasteiger partial charge in [0.25, 0.3) is 5.91 Å². The number of para-hydroxylation sites is 2. The summed E-state index contributed by atoms with van der Waals surface area (Å²) in [5, 5.41) is 8.27. The van der Waals surface area contributed by atoms with E-state index in [0.717, 1.165) is 5.56 Å². The number of benzene rings is 3. The molecule has 9 nitrogen and oxygen atoms in total. The van der Waals surface area contributed by atoms with Crippen LogP contribution in [-0.4, -0.2) is 46.8 Å². The third kappa shape index (κ3) is 5.83. The number of nitrogens with one attached hydrogen (secondary N) is 2. The molecule has 0 aliphatic rings. The number of ether oxygens (including phenoxy) is 4. The molecule has 0 saturated heterocycles. The van der Waals surface area contributed by atoms with E-state index in [0.29, 0.717) is 39.8 Å². The van der Waals surface area contributed by atoms with Crippen LogP contribution in [0.2, 0.25) is 0 Å². The molecule has 3 aromatic carbocycles. The van der Waals surface area contributed by atoms with Gasteiger partial charge in [-0.25, -0.2) is 5.43 Å². The predicted octanol–water partition coefficient (Wildman–Crippen LogP) is 3.93. The highest BCUT2D eigenvalue weighted by atomic mass is 16.5. The molecule has 0 unspecified atom stereocenters. The van der Waals surface area contributed by atoms with Gasteiger partial charge in [0.15, 0.2) is 23.0 Å². The second kappa shape index (κ2) is 11.9. The van der Waals surface area contributed by atoms with E-state index in [-0.39, 0.29) is 5.91 Å². The van der Waals surface area contributed by atoms with Crippen LogP contribution in [0.4, 0.5) is 5.69 Å². The first-order valence-electron chi connectivity index (χ1n) is 10.3. The number of amides is 1. The molecule has 0 aromatic heterocycles. The van der Waals surface area contributed by atoms with Crippen molar-refractivity contribution in [1.82, 2.24) is 5.43 Å². The molecule has 1 amide bonds. The Kier molecular flexibility index (Phi) is 8.45. The van der Waals surface area contributed by atoms with Crippen LogP contribution in [0, 0.1) is 0 Å². The summed E-state index contributed by atoms with van der Waals surface area (Å²) in [7, 11) is 6.24. The number of hydrogen-bond acceptors (Lipinski definition) is 8. The molecule has 0 aliphatic carbocycles. The summed E-state index contributed by atoms with van der Waals surface area (Å²) >= 11 is 0. The molecule has 2 N–H and O–H groups in total. The summed E-state index contributed by atoms with van der Waals surface area (Å²) in [5.74, 6) is 1.91. The minimum atomic E-state index is -0.375. The van der Waals surface area contributed by atoms with Crippen molar-refractivity contribution in [2.24, 2.45) is 10.2 Å². The molecule has 3 rings (SSSR count). The van der Waals surface area contributed by atoms with Gasteiger partial charge in [-0.1, -0.05) is 18.2 Å². The molecule has 0 atom stereocenters. The van der Waals surface area contributed by atoms with Gasteiger partial charge in [-0.15, -0.1) is 0 Å². The molecule has 34 heavy (non-hydrogen) atoms. The number of hydrazone groups is 2. The number of nitrogens with zero attached hydrogens (tertiary/aromatic N) is 2. The summed E-state index contributed by atoms with van der Waals surface area (Å²) in [6, 6.07) is 17.8. The normalized spacial score (nSPS) is 10.8. The lowest BCUT2D eigenvalue weighted by Gasteiger charge is -2.10. The van der Waals surface area contributed by atoms with Crippen molar-refractivity contribution in [1.29, 1.82) is 0 Å². The average Bonchev–Trinajstić information content (AvgIpc) is 2.88. The minimum absolute atomic E-state index is 0.375. The van der Waals surface area contributed by atoms with Crippen LogP contribution in [0.1, 0.15) is 21.5 Å². The Hall–Kier alpha value is -4.53. The van der Waals surface area contributed by atoms with Crippen molar-refractivity contribution in [2.75, 3.05) is 33.9 Å². The summed E-state index contributed by atoms with van der Waals surface area (Å²) < 4.78 is 21.3. The zero-order chi connectivity index (χ0) is 24.3. The summed E-state index contributed by atoms with van der Waals surface area (Å²) in [4.78, 5) is 12.5. The van der Waals surface area contributed by atoms with Gasteiger partial charge in [0, 0.05) is 16.7 Å². The van der Waals surface area contributed by atoms with Crippen molar-refractivity contribution in [2.45, 2.75) is 0 Å². The van der Waals surface area contributed by atoms with E-state index in [9.17, 15) is 4.79 Å². The Labute approximate surface area is 198 Å². The largest absolute Gasteiger partial charge is 0.493 e. The minimum Gasteiger partial charge on any atom is -0.493 e. The molecule has 0 heterocycles. The highest BCUT2D eigenvalue weighted by molar-refractivity contribution is 5.96. The number of rotatable bonds is 10. The maximum atomic E-state index is 12.5. The van der Waals surface area contributed by atoms with E-state index in [2.05, 4.69) is 21.1 Å². The number of carbonyl (C=O) groups excluding carboxylic acids is 1. The fraction of sp³-hybridized carbons (Fsp3) is 0.160. The van der Waals surface area contributed by atoms with Gasteiger partial charge in [0.2, 0.25) is 0 Å². The SMILES string of the molecule is COc1cccc(C=NNC(=O)c2cccc(NN=Cc3cccc(OC)c3OC)c2)c1OC.